The summed E-state index contributed by atoms with van der Waals surface area (Å²) in [5, 5.41) is 2.63. The van der Waals surface area contributed by atoms with E-state index in [-0.39, 0.29) is 6.10 Å². The van der Waals surface area contributed by atoms with Gasteiger partial charge in [0.05, 0.1) is 11.8 Å². The minimum absolute atomic E-state index is 0.0364. The van der Waals surface area contributed by atoms with Gasteiger partial charge in [-0.05, 0) is 40.7 Å². The first-order chi connectivity index (χ1) is 8.26. The molecule has 0 aliphatic heterocycles. The van der Waals surface area contributed by atoms with Gasteiger partial charge in [-0.2, -0.15) is 0 Å². The molecular weight excluding hydrogens is 232 g/mol. The Kier molecular flexibility index (Phi) is 4.53. The van der Waals surface area contributed by atoms with E-state index in [0.717, 1.165) is 0 Å². The Balaban J connectivity index is 2.65. The summed E-state index contributed by atoms with van der Waals surface area (Å²) in [4.78, 5) is 15.6. The van der Waals surface area contributed by atoms with Crippen LogP contribution in [-0.2, 0) is 4.74 Å². The highest BCUT2D eigenvalue weighted by molar-refractivity contribution is 5.84. The molecule has 0 radical (unpaired) electrons. The van der Waals surface area contributed by atoms with Gasteiger partial charge < -0.3 is 9.47 Å². The van der Waals surface area contributed by atoms with Crippen LogP contribution in [0.1, 0.15) is 34.6 Å². The molecule has 1 rings (SSSR count). The molecule has 0 saturated heterocycles. The summed E-state index contributed by atoms with van der Waals surface area (Å²) in [7, 11) is 0. The van der Waals surface area contributed by atoms with Crippen molar-refractivity contribution in [1.82, 2.24) is 4.98 Å². The SMILES string of the molecule is CC(C)Oc1cc(NC(=O)OC(C)(C)C)ccn1. The van der Waals surface area contributed by atoms with Crippen LogP contribution in [0.25, 0.3) is 0 Å². The Morgan fingerprint density at radius 1 is 1.39 bits per heavy atom. The molecule has 1 aromatic heterocycles. The van der Waals surface area contributed by atoms with E-state index in [0.29, 0.717) is 11.6 Å². The second-order valence-electron chi connectivity index (χ2n) is 5.18. The van der Waals surface area contributed by atoms with Gasteiger partial charge >= 0.3 is 6.09 Å². The van der Waals surface area contributed by atoms with Crippen molar-refractivity contribution in [3.63, 3.8) is 0 Å². The predicted molar refractivity (Wildman–Crippen MR) is 69.9 cm³/mol. The Bertz CT molecular complexity index is 411. The van der Waals surface area contributed by atoms with Gasteiger partial charge in [0.15, 0.2) is 0 Å². The zero-order chi connectivity index (χ0) is 13.8. The van der Waals surface area contributed by atoms with Gasteiger partial charge in [0.25, 0.3) is 0 Å². The lowest BCUT2D eigenvalue weighted by Crippen LogP contribution is -2.27. The first-order valence-corrected chi connectivity index (χ1v) is 5.89. The van der Waals surface area contributed by atoms with Gasteiger partial charge in [-0.3, -0.25) is 5.32 Å². The topological polar surface area (TPSA) is 60.5 Å². The van der Waals surface area contributed by atoms with Gasteiger partial charge in [0.1, 0.15) is 5.60 Å². The average Bonchev–Trinajstić information content (AvgIpc) is 2.13. The highest BCUT2D eigenvalue weighted by Crippen LogP contribution is 2.16. The molecule has 1 aromatic rings. The van der Waals surface area contributed by atoms with E-state index in [4.69, 9.17) is 9.47 Å². The predicted octanol–water partition coefficient (Wildman–Crippen LogP) is 3.22. The van der Waals surface area contributed by atoms with E-state index in [1.54, 1.807) is 18.3 Å². The normalized spacial score (nSPS) is 11.2. The van der Waals surface area contributed by atoms with E-state index in [2.05, 4.69) is 10.3 Å². The second kappa shape index (κ2) is 5.71. The fourth-order valence-electron chi connectivity index (χ4n) is 1.21. The number of rotatable bonds is 3. The van der Waals surface area contributed by atoms with Crippen LogP contribution in [0.5, 0.6) is 5.88 Å². The van der Waals surface area contributed by atoms with Crippen molar-refractivity contribution in [3.05, 3.63) is 18.3 Å². The number of aromatic nitrogens is 1. The summed E-state index contributed by atoms with van der Waals surface area (Å²) in [6.45, 7) is 9.26. The number of ether oxygens (including phenoxy) is 2. The number of amides is 1. The van der Waals surface area contributed by atoms with Gasteiger partial charge in [-0.15, -0.1) is 0 Å². The zero-order valence-corrected chi connectivity index (χ0v) is 11.5. The number of pyridine rings is 1. The van der Waals surface area contributed by atoms with Crippen LogP contribution in [0.3, 0.4) is 0 Å². The maximum atomic E-state index is 11.6. The minimum atomic E-state index is -0.519. The van der Waals surface area contributed by atoms with Crippen molar-refractivity contribution < 1.29 is 14.3 Å². The summed E-state index contributed by atoms with van der Waals surface area (Å²) in [5.74, 6) is 0.471. The third-order valence-corrected chi connectivity index (χ3v) is 1.74. The van der Waals surface area contributed by atoms with Crippen LogP contribution in [-0.4, -0.2) is 22.8 Å². The maximum Gasteiger partial charge on any atom is 0.412 e. The highest BCUT2D eigenvalue weighted by Gasteiger charge is 2.16. The molecule has 0 aromatic carbocycles. The summed E-state index contributed by atoms with van der Waals surface area (Å²) in [6.07, 6.45) is 1.11. The number of nitrogens with zero attached hydrogens (tertiary/aromatic N) is 1. The molecule has 1 N–H and O–H groups in total. The van der Waals surface area contributed by atoms with Gasteiger partial charge in [-0.25, -0.2) is 9.78 Å². The van der Waals surface area contributed by atoms with Crippen LogP contribution < -0.4 is 10.1 Å². The molecule has 0 aliphatic rings. The zero-order valence-electron chi connectivity index (χ0n) is 11.5. The molecule has 0 fully saturated rings. The number of carbonyl (C=O) groups is 1. The fraction of sp³-hybridized carbons (Fsp3) is 0.538. The first kappa shape index (κ1) is 14.3. The first-order valence-electron chi connectivity index (χ1n) is 5.89. The van der Waals surface area contributed by atoms with Gasteiger partial charge in [-0.1, -0.05) is 0 Å². The molecule has 0 aliphatic carbocycles. The van der Waals surface area contributed by atoms with Crippen LogP contribution in [0.2, 0.25) is 0 Å². The number of nitrogens with one attached hydrogen (secondary N) is 1. The van der Waals surface area contributed by atoms with Crippen LogP contribution in [0.15, 0.2) is 18.3 Å². The lowest BCUT2D eigenvalue weighted by molar-refractivity contribution is 0.0636. The quantitative estimate of drug-likeness (QED) is 0.897. The molecule has 1 amide bonds. The third-order valence-electron chi connectivity index (χ3n) is 1.74. The highest BCUT2D eigenvalue weighted by atomic mass is 16.6. The number of anilines is 1. The molecular formula is C13H20N2O3. The van der Waals surface area contributed by atoms with E-state index in [9.17, 15) is 4.79 Å². The molecule has 5 nitrogen and oxygen atoms in total. The van der Waals surface area contributed by atoms with Gasteiger partial charge in [0, 0.05) is 12.3 Å². The van der Waals surface area contributed by atoms with Crippen molar-refractivity contribution in [1.29, 1.82) is 0 Å². The molecule has 18 heavy (non-hydrogen) atoms. The van der Waals surface area contributed by atoms with Crippen LogP contribution in [0.4, 0.5) is 10.5 Å². The standard InChI is InChI=1S/C13H20N2O3/c1-9(2)17-11-8-10(6-7-14-11)15-12(16)18-13(3,4)5/h6-9H,1-5H3,(H,14,15,16). The average molecular weight is 252 g/mol. The summed E-state index contributed by atoms with van der Waals surface area (Å²) < 4.78 is 10.6. The van der Waals surface area contributed by atoms with Crippen LogP contribution >= 0.6 is 0 Å². The molecule has 5 heteroatoms. The number of carbonyl (C=O) groups excluding carboxylic acids is 1. The summed E-state index contributed by atoms with van der Waals surface area (Å²) in [6, 6.07) is 3.33. The third kappa shape index (κ3) is 5.52. The van der Waals surface area contributed by atoms with E-state index >= 15 is 0 Å². The molecule has 0 saturated carbocycles. The van der Waals surface area contributed by atoms with Crippen molar-refractivity contribution >= 4 is 11.8 Å². The molecule has 0 spiro atoms. The maximum absolute atomic E-state index is 11.6. The van der Waals surface area contributed by atoms with Crippen molar-refractivity contribution in [2.45, 2.75) is 46.3 Å². The lowest BCUT2D eigenvalue weighted by Gasteiger charge is -2.19. The van der Waals surface area contributed by atoms with Crippen molar-refractivity contribution in [2.24, 2.45) is 0 Å². The largest absolute Gasteiger partial charge is 0.475 e. The van der Waals surface area contributed by atoms with Crippen molar-refractivity contribution in [3.8, 4) is 5.88 Å². The van der Waals surface area contributed by atoms with E-state index in [1.165, 1.54) is 0 Å². The fourth-order valence-corrected chi connectivity index (χ4v) is 1.21. The Morgan fingerprint density at radius 3 is 2.61 bits per heavy atom. The smallest absolute Gasteiger partial charge is 0.412 e. The molecule has 0 unspecified atom stereocenters. The molecule has 1 heterocycles. The number of hydrogen-bond acceptors (Lipinski definition) is 4. The lowest BCUT2D eigenvalue weighted by atomic mass is 10.2. The Labute approximate surface area is 108 Å². The number of hydrogen-bond donors (Lipinski definition) is 1. The second-order valence-corrected chi connectivity index (χ2v) is 5.18. The molecule has 0 bridgehead atoms. The summed E-state index contributed by atoms with van der Waals surface area (Å²) in [5.41, 5.74) is 0.0730. The molecule has 0 atom stereocenters. The Hall–Kier alpha value is -1.78. The summed E-state index contributed by atoms with van der Waals surface area (Å²) >= 11 is 0. The van der Waals surface area contributed by atoms with Crippen molar-refractivity contribution in [2.75, 3.05) is 5.32 Å². The Morgan fingerprint density at radius 2 is 2.06 bits per heavy atom. The minimum Gasteiger partial charge on any atom is -0.475 e. The van der Waals surface area contributed by atoms with E-state index in [1.807, 2.05) is 34.6 Å². The van der Waals surface area contributed by atoms with E-state index < -0.39 is 11.7 Å². The monoisotopic (exact) mass is 252 g/mol. The molecule has 100 valence electrons. The van der Waals surface area contributed by atoms with Crippen LogP contribution in [0, 0.1) is 0 Å². The van der Waals surface area contributed by atoms with Gasteiger partial charge in [0.2, 0.25) is 5.88 Å².